The Labute approximate surface area is 113 Å². The molecule has 104 valence electrons. The molecule has 5 nitrogen and oxygen atoms in total. The third kappa shape index (κ3) is 3.23. The molecule has 0 saturated carbocycles. The van der Waals surface area contributed by atoms with Gasteiger partial charge in [0, 0.05) is 25.3 Å². The second kappa shape index (κ2) is 6.02. The second-order valence-electron chi connectivity index (χ2n) is 4.98. The number of ether oxygens (including phenoxy) is 1. The van der Waals surface area contributed by atoms with Crippen LogP contribution in [0.1, 0.15) is 30.6 Å². The maximum atomic E-state index is 11.5. The Morgan fingerprint density at radius 1 is 1.63 bits per heavy atom. The number of aromatic nitrogens is 1. The Morgan fingerprint density at radius 2 is 2.42 bits per heavy atom. The molecule has 2 rings (SSSR count). The topological polar surface area (TPSA) is 68.5 Å². The van der Waals surface area contributed by atoms with E-state index in [1.165, 1.54) is 0 Å². The van der Waals surface area contributed by atoms with Crippen LogP contribution in [0.3, 0.4) is 0 Å². The van der Waals surface area contributed by atoms with Gasteiger partial charge >= 0.3 is 5.97 Å². The minimum absolute atomic E-state index is 0.212. The van der Waals surface area contributed by atoms with Crippen molar-refractivity contribution in [1.29, 1.82) is 0 Å². The molecule has 0 radical (unpaired) electrons. The fraction of sp³-hybridized carbons (Fsp3) is 0.571. The number of hydrogen-bond donors (Lipinski definition) is 1. The molecule has 0 amide bonds. The summed E-state index contributed by atoms with van der Waals surface area (Å²) in [6, 6.07) is 3.85. The summed E-state index contributed by atoms with van der Waals surface area (Å²) in [5.74, 6) is 1.10. The van der Waals surface area contributed by atoms with Crippen LogP contribution in [0.2, 0.25) is 0 Å². The lowest BCUT2D eigenvalue weighted by Gasteiger charge is -2.19. The summed E-state index contributed by atoms with van der Waals surface area (Å²) in [5, 5.41) is 0. The maximum absolute atomic E-state index is 11.5. The van der Waals surface area contributed by atoms with E-state index in [1.54, 1.807) is 19.2 Å². The molecule has 1 fully saturated rings. The van der Waals surface area contributed by atoms with Gasteiger partial charge in [0.2, 0.25) is 0 Å². The Morgan fingerprint density at radius 3 is 2.95 bits per heavy atom. The third-order valence-corrected chi connectivity index (χ3v) is 3.55. The minimum atomic E-state index is -0.323. The first-order valence-electron chi connectivity index (χ1n) is 6.75. The van der Waals surface area contributed by atoms with Crippen molar-refractivity contribution in [3.63, 3.8) is 0 Å². The van der Waals surface area contributed by atoms with Crippen molar-refractivity contribution in [1.82, 2.24) is 4.98 Å². The van der Waals surface area contributed by atoms with Gasteiger partial charge in [0.05, 0.1) is 12.2 Å². The minimum Gasteiger partial charge on any atom is -0.462 e. The first-order valence-corrected chi connectivity index (χ1v) is 6.75. The van der Waals surface area contributed by atoms with Crippen LogP contribution in [0.5, 0.6) is 0 Å². The van der Waals surface area contributed by atoms with Gasteiger partial charge in [-0.25, -0.2) is 9.78 Å². The van der Waals surface area contributed by atoms with Crippen molar-refractivity contribution in [3.8, 4) is 0 Å². The Hall–Kier alpha value is -1.62. The van der Waals surface area contributed by atoms with Gasteiger partial charge < -0.3 is 15.4 Å². The summed E-state index contributed by atoms with van der Waals surface area (Å²) in [6.07, 6.45) is 2.67. The number of carbonyl (C=O) groups excluding carboxylic acids is 1. The molecule has 0 aliphatic carbocycles. The number of nitrogens with zero attached hydrogens (tertiary/aromatic N) is 2. The largest absolute Gasteiger partial charge is 0.462 e. The van der Waals surface area contributed by atoms with E-state index < -0.39 is 0 Å². The molecule has 2 N–H and O–H groups in total. The van der Waals surface area contributed by atoms with Crippen molar-refractivity contribution in [3.05, 3.63) is 23.9 Å². The lowest BCUT2D eigenvalue weighted by molar-refractivity contribution is 0.0526. The molecule has 2 atom stereocenters. The van der Waals surface area contributed by atoms with Gasteiger partial charge in [0.1, 0.15) is 5.82 Å². The lowest BCUT2D eigenvalue weighted by Crippen LogP contribution is -2.30. The Bertz CT molecular complexity index is 431. The average Bonchev–Trinajstić information content (AvgIpc) is 2.89. The van der Waals surface area contributed by atoms with Crippen molar-refractivity contribution in [2.75, 3.05) is 24.6 Å². The number of rotatable bonds is 4. The van der Waals surface area contributed by atoms with Crippen LogP contribution < -0.4 is 10.6 Å². The van der Waals surface area contributed by atoms with E-state index in [2.05, 4.69) is 9.88 Å². The zero-order valence-corrected chi connectivity index (χ0v) is 11.5. The zero-order valence-electron chi connectivity index (χ0n) is 11.5. The van der Waals surface area contributed by atoms with E-state index in [4.69, 9.17) is 10.5 Å². The third-order valence-electron chi connectivity index (χ3n) is 3.55. The number of pyridine rings is 1. The van der Waals surface area contributed by atoms with Crippen LogP contribution in [0, 0.1) is 5.92 Å². The fourth-order valence-electron chi connectivity index (χ4n) is 2.33. The lowest BCUT2D eigenvalue weighted by atomic mass is 10.0. The standard InChI is InChI=1S/C14H21N3O2/c1-3-19-14(18)11-4-5-13(16-8-11)17-7-6-12(9-17)10(2)15/h4-5,8,10,12H,3,6-7,9,15H2,1-2H3. The van der Waals surface area contributed by atoms with Crippen LogP contribution in [0.15, 0.2) is 18.3 Å². The Kier molecular flexibility index (Phi) is 4.37. The highest BCUT2D eigenvalue weighted by atomic mass is 16.5. The van der Waals surface area contributed by atoms with Crippen LogP contribution in [-0.4, -0.2) is 36.7 Å². The smallest absolute Gasteiger partial charge is 0.339 e. The molecular formula is C14H21N3O2. The molecule has 19 heavy (non-hydrogen) atoms. The molecule has 0 spiro atoms. The summed E-state index contributed by atoms with van der Waals surface area (Å²) in [4.78, 5) is 18.1. The van der Waals surface area contributed by atoms with Crippen molar-refractivity contribution in [2.24, 2.45) is 11.7 Å². The summed E-state index contributed by atoms with van der Waals surface area (Å²) >= 11 is 0. The monoisotopic (exact) mass is 263 g/mol. The molecule has 1 aromatic rings. The summed E-state index contributed by atoms with van der Waals surface area (Å²) < 4.78 is 4.93. The van der Waals surface area contributed by atoms with E-state index in [0.717, 1.165) is 25.3 Å². The fourth-order valence-corrected chi connectivity index (χ4v) is 2.33. The molecule has 0 bridgehead atoms. The maximum Gasteiger partial charge on any atom is 0.339 e. The van der Waals surface area contributed by atoms with E-state index in [-0.39, 0.29) is 12.0 Å². The van der Waals surface area contributed by atoms with Gasteiger partial charge in [0.25, 0.3) is 0 Å². The molecule has 2 unspecified atom stereocenters. The average molecular weight is 263 g/mol. The highest BCUT2D eigenvalue weighted by Gasteiger charge is 2.26. The van der Waals surface area contributed by atoms with Crippen molar-refractivity contribution < 1.29 is 9.53 Å². The summed E-state index contributed by atoms with van der Waals surface area (Å²) in [5.41, 5.74) is 6.42. The highest BCUT2D eigenvalue weighted by Crippen LogP contribution is 2.23. The molecule has 0 aromatic carbocycles. The quantitative estimate of drug-likeness (QED) is 0.832. The number of carbonyl (C=O) groups is 1. The summed E-state index contributed by atoms with van der Waals surface area (Å²) in [7, 11) is 0. The molecule has 2 heterocycles. The van der Waals surface area contributed by atoms with Crippen molar-refractivity contribution >= 4 is 11.8 Å². The van der Waals surface area contributed by atoms with Gasteiger partial charge in [-0.2, -0.15) is 0 Å². The van der Waals surface area contributed by atoms with Gasteiger partial charge in [0.15, 0.2) is 0 Å². The van der Waals surface area contributed by atoms with E-state index >= 15 is 0 Å². The highest BCUT2D eigenvalue weighted by molar-refractivity contribution is 5.89. The molecule has 5 heteroatoms. The van der Waals surface area contributed by atoms with Crippen LogP contribution in [0.25, 0.3) is 0 Å². The first kappa shape index (κ1) is 13.8. The molecule has 1 aromatic heterocycles. The Balaban J connectivity index is 2.01. The van der Waals surface area contributed by atoms with Crippen LogP contribution >= 0.6 is 0 Å². The molecule has 1 aliphatic heterocycles. The second-order valence-corrected chi connectivity index (χ2v) is 4.98. The number of hydrogen-bond acceptors (Lipinski definition) is 5. The predicted octanol–water partition coefficient (Wildman–Crippen LogP) is 1.43. The number of nitrogens with two attached hydrogens (primary N) is 1. The first-order chi connectivity index (χ1) is 9.11. The molecule has 1 saturated heterocycles. The van der Waals surface area contributed by atoms with Gasteiger partial charge in [-0.1, -0.05) is 0 Å². The number of anilines is 1. The van der Waals surface area contributed by atoms with E-state index in [1.807, 2.05) is 13.0 Å². The van der Waals surface area contributed by atoms with Gasteiger partial charge in [-0.3, -0.25) is 0 Å². The van der Waals surface area contributed by atoms with E-state index in [0.29, 0.717) is 18.1 Å². The molecule has 1 aliphatic rings. The molecular weight excluding hydrogens is 242 g/mol. The zero-order chi connectivity index (χ0) is 13.8. The normalized spacial score (nSPS) is 20.4. The van der Waals surface area contributed by atoms with Gasteiger partial charge in [-0.15, -0.1) is 0 Å². The van der Waals surface area contributed by atoms with Crippen LogP contribution in [0.4, 0.5) is 5.82 Å². The SMILES string of the molecule is CCOC(=O)c1ccc(N2CCC(C(C)N)C2)nc1. The van der Waals surface area contributed by atoms with Gasteiger partial charge in [-0.05, 0) is 38.3 Å². The van der Waals surface area contributed by atoms with Crippen molar-refractivity contribution in [2.45, 2.75) is 26.3 Å². The van der Waals surface area contributed by atoms with Crippen LogP contribution in [-0.2, 0) is 4.74 Å². The number of esters is 1. The predicted molar refractivity (Wildman–Crippen MR) is 74.2 cm³/mol. The summed E-state index contributed by atoms with van der Waals surface area (Å²) in [6.45, 7) is 6.12. The van der Waals surface area contributed by atoms with E-state index in [9.17, 15) is 4.79 Å².